The molecule has 4 amide bonds. The number of fused-ring (bicyclic) bond motifs is 1. The van der Waals surface area contributed by atoms with Gasteiger partial charge in [-0.25, -0.2) is 9.78 Å². The Bertz CT molecular complexity index is 1090. The molecule has 158 valence electrons. The highest BCUT2D eigenvalue weighted by Gasteiger charge is 2.52. The Morgan fingerprint density at radius 1 is 1.27 bits per heavy atom. The van der Waals surface area contributed by atoms with E-state index in [4.69, 9.17) is 11.6 Å². The summed E-state index contributed by atoms with van der Waals surface area (Å²) in [5, 5.41) is 3.62. The molecule has 2 heterocycles. The molecule has 4 rings (SSSR count). The first kappa shape index (κ1) is 20.3. The van der Waals surface area contributed by atoms with E-state index in [0.29, 0.717) is 41.1 Å². The van der Waals surface area contributed by atoms with E-state index in [1.807, 2.05) is 0 Å². The number of rotatable bonds is 5. The van der Waals surface area contributed by atoms with Gasteiger partial charge < -0.3 is 15.2 Å². The number of benzene rings is 1. The van der Waals surface area contributed by atoms with Gasteiger partial charge in [-0.2, -0.15) is 0 Å². The van der Waals surface area contributed by atoms with Crippen molar-refractivity contribution in [2.45, 2.75) is 44.7 Å². The first-order chi connectivity index (χ1) is 14.3. The SMILES string of the molecule is CCN(Cc1nc2cc(Cl)ccc2c(=O)[nH]1)C(=O)CN1C(=O)NC2(CCCC2)C1=O. The zero-order valence-corrected chi connectivity index (χ0v) is 17.3. The van der Waals surface area contributed by atoms with Crippen LogP contribution in [0.3, 0.4) is 0 Å². The van der Waals surface area contributed by atoms with E-state index in [-0.39, 0.29) is 24.6 Å². The van der Waals surface area contributed by atoms with Crippen molar-refractivity contribution in [2.75, 3.05) is 13.1 Å². The number of nitrogens with zero attached hydrogens (tertiary/aromatic N) is 3. The molecule has 30 heavy (non-hydrogen) atoms. The normalized spacial score (nSPS) is 17.7. The monoisotopic (exact) mass is 431 g/mol. The fourth-order valence-electron chi connectivity index (χ4n) is 4.17. The molecular weight excluding hydrogens is 410 g/mol. The van der Waals surface area contributed by atoms with Crippen LogP contribution in [-0.4, -0.2) is 56.2 Å². The summed E-state index contributed by atoms with van der Waals surface area (Å²) in [6.07, 6.45) is 2.95. The Kier molecular flexibility index (Phi) is 5.23. The summed E-state index contributed by atoms with van der Waals surface area (Å²) < 4.78 is 0. The van der Waals surface area contributed by atoms with Crippen LogP contribution in [0.25, 0.3) is 10.9 Å². The number of carbonyl (C=O) groups is 3. The average molecular weight is 432 g/mol. The number of likely N-dealkylation sites (N-methyl/N-ethyl adjacent to an activating group) is 1. The molecule has 1 saturated heterocycles. The van der Waals surface area contributed by atoms with Crippen molar-refractivity contribution in [3.05, 3.63) is 39.4 Å². The van der Waals surface area contributed by atoms with Gasteiger partial charge in [0.15, 0.2) is 0 Å². The van der Waals surface area contributed by atoms with E-state index in [1.165, 1.54) is 4.90 Å². The molecule has 1 spiro atoms. The van der Waals surface area contributed by atoms with Crippen LogP contribution in [0.4, 0.5) is 4.79 Å². The van der Waals surface area contributed by atoms with E-state index >= 15 is 0 Å². The smallest absolute Gasteiger partial charge is 0.325 e. The van der Waals surface area contributed by atoms with Crippen LogP contribution in [0.2, 0.25) is 5.02 Å². The molecule has 1 aliphatic carbocycles. The minimum atomic E-state index is -0.848. The van der Waals surface area contributed by atoms with Gasteiger partial charge in [-0.05, 0) is 38.0 Å². The summed E-state index contributed by atoms with van der Waals surface area (Å²) in [4.78, 5) is 59.7. The van der Waals surface area contributed by atoms with Crippen LogP contribution in [0, 0.1) is 0 Å². The number of nitrogens with one attached hydrogen (secondary N) is 2. The third-order valence-corrected chi connectivity index (χ3v) is 6.02. The van der Waals surface area contributed by atoms with Gasteiger partial charge in [0.2, 0.25) is 5.91 Å². The average Bonchev–Trinajstić information content (AvgIpc) is 3.26. The van der Waals surface area contributed by atoms with E-state index in [1.54, 1.807) is 25.1 Å². The molecule has 0 bridgehead atoms. The summed E-state index contributed by atoms with van der Waals surface area (Å²) in [5.74, 6) is -0.430. The molecule has 1 aliphatic heterocycles. The third kappa shape index (κ3) is 3.54. The lowest BCUT2D eigenvalue weighted by Crippen LogP contribution is -2.46. The maximum atomic E-state index is 12.8. The van der Waals surface area contributed by atoms with E-state index in [9.17, 15) is 19.2 Å². The van der Waals surface area contributed by atoms with Gasteiger partial charge in [0.05, 0.1) is 17.4 Å². The summed E-state index contributed by atoms with van der Waals surface area (Å²) in [6.45, 7) is 1.80. The highest BCUT2D eigenvalue weighted by Crippen LogP contribution is 2.35. The second-order valence-electron chi connectivity index (χ2n) is 7.69. The molecule has 2 aromatic rings. The lowest BCUT2D eigenvalue weighted by Gasteiger charge is -2.23. The zero-order valence-electron chi connectivity index (χ0n) is 16.5. The molecule has 10 heteroatoms. The van der Waals surface area contributed by atoms with Crippen LogP contribution < -0.4 is 10.9 Å². The standard InChI is InChI=1S/C20H22ClN5O4/c1-2-25(10-15-22-14-9-12(21)5-6-13(14)17(28)23-15)16(27)11-26-18(29)20(24-19(26)30)7-3-4-8-20/h5-6,9H,2-4,7-8,10-11H2,1H3,(H,24,30)(H,22,23,28). The zero-order chi connectivity index (χ0) is 21.5. The molecule has 2 aliphatic rings. The summed E-state index contributed by atoms with van der Waals surface area (Å²) in [7, 11) is 0. The number of H-pyrrole nitrogens is 1. The van der Waals surface area contributed by atoms with Crippen molar-refractivity contribution in [2.24, 2.45) is 0 Å². The number of aromatic nitrogens is 2. The third-order valence-electron chi connectivity index (χ3n) is 5.79. The largest absolute Gasteiger partial charge is 0.334 e. The van der Waals surface area contributed by atoms with Crippen molar-refractivity contribution in [3.63, 3.8) is 0 Å². The Morgan fingerprint density at radius 2 is 2.00 bits per heavy atom. The number of urea groups is 1. The molecule has 9 nitrogen and oxygen atoms in total. The van der Waals surface area contributed by atoms with Crippen molar-refractivity contribution >= 4 is 40.3 Å². The molecule has 2 N–H and O–H groups in total. The van der Waals surface area contributed by atoms with Crippen molar-refractivity contribution in [1.82, 2.24) is 25.1 Å². The predicted octanol–water partition coefficient (Wildman–Crippen LogP) is 1.79. The first-order valence-electron chi connectivity index (χ1n) is 9.93. The highest BCUT2D eigenvalue weighted by atomic mass is 35.5. The molecule has 0 radical (unpaired) electrons. The Balaban J connectivity index is 1.51. The summed E-state index contributed by atoms with van der Waals surface area (Å²) in [6, 6.07) is 4.25. The Hall–Kier alpha value is -2.94. The number of hydrogen-bond donors (Lipinski definition) is 2. The van der Waals surface area contributed by atoms with Crippen molar-refractivity contribution < 1.29 is 14.4 Å². The summed E-state index contributed by atoms with van der Waals surface area (Å²) in [5.41, 5.74) is -0.742. The van der Waals surface area contributed by atoms with Crippen LogP contribution in [0.5, 0.6) is 0 Å². The quantitative estimate of drug-likeness (QED) is 0.700. The van der Waals surface area contributed by atoms with Gasteiger partial charge in [0, 0.05) is 11.6 Å². The first-order valence-corrected chi connectivity index (χ1v) is 10.3. The lowest BCUT2D eigenvalue weighted by molar-refractivity contribution is -0.139. The molecule has 0 atom stereocenters. The second kappa shape index (κ2) is 7.71. The lowest BCUT2D eigenvalue weighted by atomic mass is 9.98. The fraction of sp³-hybridized carbons (Fsp3) is 0.450. The number of carbonyl (C=O) groups excluding carboxylic acids is 3. The second-order valence-corrected chi connectivity index (χ2v) is 8.13. The maximum Gasteiger partial charge on any atom is 0.325 e. The maximum absolute atomic E-state index is 12.8. The predicted molar refractivity (Wildman–Crippen MR) is 110 cm³/mol. The fourth-order valence-corrected chi connectivity index (χ4v) is 4.33. The van der Waals surface area contributed by atoms with Crippen LogP contribution >= 0.6 is 11.6 Å². The number of hydrogen-bond acceptors (Lipinski definition) is 5. The molecule has 1 aromatic carbocycles. The number of aromatic amines is 1. The van der Waals surface area contributed by atoms with Gasteiger partial charge in [-0.15, -0.1) is 0 Å². The van der Waals surface area contributed by atoms with Crippen LogP contribution in [0.1, 0.15) is 38.4 Å². The van der Waals surface area contributed by atoms with E-state index < -0.39 is 17.5 Å². The Labute approximate surface area is 177 Å². The number of halogens is 1. The minimum absolute atomic E-state index is 0.0435. The van der Waals surface area contributed by atoms with Gasteiger partial charge >= 0.3 is 6.03 Å². The van der Waals surface area contributed by atoms with E-state index in [2.05, 4.69) is 15.3 Å². The molecule has 2 fully saturated rings. The minimum Gasteiger partial charge on any atom is -0.334 e. The van der Waals surface area contributed by atoms with Crippen LogP contribution in [0.15, 0.2) is 23.0 Å². The number of amides is 4. The topological polar surface area (TPSA) is 115 Å². The van der Waals surface area contributed by atoms with Gasteiger partial charge in [0.1, 0.15) is 17.9 Å². The van der Waals surface area contributed by atoms with Crippen molar-refractivity contribution in [3.8, 4) is 0 Å². The molecule has 1 saturated carbocycles. The molecular formula is C20H22ClN5O4. The highest BCUT2D eigenvalue weighted by molar-refractivity contribution is 6.31. The van der Waals surface area contributed by atoms with Gasteiger partial charge in [-0.3, -0.25) is 19.3 Å². The van der Waals surface area contributed by atoms with Crippen LogP contribution in [-0.2, 0) is 16.1 Å². The summed E-state index contributed by atoms with van der Waals surface area (Å²) >= 11 is 5.99. The van der Waals surface area contributed by atoms with Gasteiger partial charge in [-0.1, -0.05) is 24.4 Å². The molecule has 0 unspecified atom stereocenters. The molecule has 1 aromatic heterocycles. The van der Waals surface area contributed by atoms with Gasteiger partial charge in [0.25, 0.3) is 11.5 Å². The number of imide groups is 1. The Morgan fingerprint density at radius 3 is 2.70 bits per heavy atom. The van der Waals surface area contributed by atoms with Crippen molar-refractivity contribution in [1.29, 1.82) is 0 Å². The van der Waals surface area contributed by atoms with E-state index in [0.717, 1.165) is 17.7 Å².